The summed E-state index contributed by atoms with van der Waals surface area (Å²) < 4.78 is 0. The van der Waals surface area contributed by atoms with Crippen LogP contribution in [0, 0.1) is 36.0 Å². The summed E-state index contributed by atoms with van der Waals surface area (Å²) in [6.45, 7) is 4.04. The van der Waals surface area contributed by atoms with Gasteiger partial charge in [0.1, 0.15) is 5.82 Å². The third-order valence-electron chi connectivity index (χ3n) is 5.66. The molecule has 0 spiro atoms. The number of benzene rings is 1. The van der Waals surface area contributed by atoms with Crippen LogP contribution in [-0.4, -0.2) is 15.9 Å². The summed E-state index contributed by atoms with van der Waals surface area (Å²) in [4.78, 5) is 21.1. The van der Waals surface area contributed by atoms with Gasteiger partial charge in [-0.3, -0.25) is 9.78 Å². The Bertz CT molecular complexity index is 1120. The Morgan fingerprint density at radius 2 is 2.14 bits per heavy atom. The monoisotopic (exact) mass is 371 g/mol. The van der Waals surface area contributed by atoms with Gasteiger partial charge in [-0.2, -0.15) is 5.26 Å². The Morgan fingerprint density at radius 3 is 2.89 bits per heavy atom. The number of aromatic nitrogens is 2. The molecule has 1 aliphatic carbocycles. The topological polar surface area (TPSA) is 105 Å². The summed E-state index contributed by atoms with van der Waals surface area (Å²) in [6.07, 6.45) is 5.68. The normalized spacial score (nSPS) is 20.5. The summed E-state index contributed by atoms with van der Waals surface area (Å²) in [5.74, 6) is 0.669. The lowest BCUT2D eigenvalue weighted by Gasteiger charge is -2.11. The average molecular weight is 371 g/mol. The number of hydrogen-bond donors (Lipinski definition) is 2. The van der Waals surface area contributed by atoms with Crippen molar-refractivity contribution in [2.75, 3.05) is 11.1 Å². The maximum absolute atomic E-state index is 12.5. The maximum Gasteiger partial charge on any atom is 0.229 e. The van der Waals surface area contributed by atoms with E-state index >= 15 is 0 Å². The van der Waals surface area contributed by atoms with E-state index < -0.39 is 0 Å². The summed E-state index contributed by atoms with van der Waals surface area (Å²) in [5, 5.41) is 13.5. The molecular weight excluding hydrogens is 350 g/mol. The van der Waals surface area contributed by atoms with Crippen LogP contribution in [0.5, 0.6) is 0 Å². The predicted molar refractivity (Wildman–Crippen MR) is 109 cm³/mol. The van der Waals surface area contributed by atoms with E-state index in [9.17, 15) is 4.79 Å². The van der Waals surface area contributed by atoms with Crippen molar-refractivity contribution in [1.82, 2.24) is 9.97 Å². The van der Waals surface area contributed by atoms with Crippen LogP contribution in [0.4, 0.5) is 11.5 Å². The summed E-state index contributed by atoms with van der Waals surface area (Å²) in [7, 11) is 0. The zero-order valence-electron chi connectivity index (χ0n) is 15.8. The standard InChI is InChI=1S/C22H21N5O/c1-12-4-6-25-10-17(12)14-7-15-9-20(26-11-18(15)19(24)8-14)27-22(28)21-13(2)16(21)3-5-23/h4,6-11,13,16,21H,3,24H2,1-2H3,(H,26,27,28)/t13?,16-,21-/m0/s1. The molecule has 1 aliphatic rings. The molecule has 0 radical (unpaired) electrons. The van der Waals surface area contributed by atoms with Crippen LogP contribution in [-0.2, 0) is 4.79 Å². The van der Waals surface area contributed by atoms with Gasteiger partial charge in [0.25, 0.3) is 0 Å². The van der Waals surface area contributed by atoms with Crippen molar-refractivity contribution in [2.24, 2.45) is 17.8 Å². The number of nitrogens with zero attached hydrogens (tertiary/aromatic N) is 3. The first kappa shape index (κ1) is 17.9. The van der Waals surface area contributed by atoms with E-state index in [-0.39, 0.29) is 23.7 Å². The molecule has 140 valence electrons. The van der Waals surface area contributed by atoms with Crippen LogP contribution in [0.2, 0.25) is 0 Å². The molecule has 1 unspecified atom stereocenters. The van der Waals surface area contributed by atoms with E-state index in [1.54, 1.807) is 12.4 Å². The highest BCUT2D eigenvalue weighted by atomic mass is 16.2. The van der Waals surface area contributed by atoms with Gasteiger partial charge in [-0.1, -0.05) is 6.92 Å². The van der Waals surface area contributed by atoms with E-state index in [0.717, 1.165) is 27.5 Å². The first-order valence-corrected chi connectivity index (χ1v) is 9.27. The van der Waals surface area contributed by atoms with E-state index in [1.165, 1.54) is 0 Å². The van der Waals surface area contributed by atoms with Gasteiger partial charge in [0.15, 0.2) is 0 Å². The van der Waals surface area contributed by atoms with Crippen molar-refractivity contribution >= 4 is 28.2 Å². The molecule has 3 atom stereocenters. The van der Waals surface area contributed by atoms with Gasteiger partial charge in [0, 0.05) is 47.6 Å². The number of nitrogens with one attached hydrogen (secondary N) is 1. The number of pyridine rings is 2. The Hall–Kier alpha value is -3.46. The second-order valence-electron chi connectivity index (χ2n) is 7.45. The fourth-order valence-electron chi connectivity index (χ4n) is 3.88. The molecule has 0 bridgehead atoms. The van der Waals surface area contributed by atoms with Gasteiger partial charge in [0.2, 0.25) is 5.91 Å². The van der Waals surface area contributed by atoms with Crippen LogP contribution in [0.1, 0.15) is 18.9 Å². The average Bonchev–Trinajstić information content (AvgIpc) is 3.31. The Kier molecular flexibility index (Phi) is 4.44. The Labute approximate surface area is 163 Å². The van der Waals surface area contributed by atoms with E-state index in [2.05, 4.69) is 21.4 Å². The Morgan fingerprint density at radius 1 is 1.32 bits per heavy atom. The number of nitriles is 1. The second kappa shape index (κ2) is 6.93. The number of carbonyl (C=O) groups is 1. The number of hydrogen-bond acceptors (Lipinski definition) is 5. The molecule has 1 amide bonds. The first-order valence-electron chi connectivity index (χ1n) is 9.27. The minimum absolute atomic E-state index is 0.0770. The number of anilines is 2. The van der Waals surface area contributed by atoms with Crippen molar-refractivity contribution in [3.05, 3.63) is 48.4 Å². The van der Waals surface area contributed by atoms with Crippen molar-refractivity contribution in [3.63, 3.8) is 0 Å². The highest BCUT2D eigenvalue weighted by Gasteiger charge is 2.51. The van der Waals surface area contributed by atoms with Gasteiger partial charge < -0.3 is 11.1 Å². The Balaban J connectivity index is 1.64. The number of nitrogens with two attached hydrogens (primary N) is 1. The van der Waals surface area contributed by atoms with Crippen molar-refractivity contribution < 1.29 is 4.79 Å². The molecule has 3 N–H and O–H groups in total. The lowest BCUT2D eigenvalue weighted by molar-refractivity contribution is -0.117. The number of carbonyl (C=O) groups excluding carboxylic acids is 1. The van der Waals surface area contributed by atoms with Gasteiger partial charge in [-0.05, 0) is 59.5 Å². The molecule has 6 nitrogen and oxygen atoms in total. The fourth-order valence-corrected chi connectivity index (χ4v) is 3.88. The molecule has 2 aromatic heterocycles. The van der Waals surface area contributed by atoms with Crippen LogP contribution < -0.4 is 11.1 Å². The molecule has 0 aliphatic heterocycles. The van der Waals surface area contributed by atoms with Crippen molar-refractivity contribution in [3.8, 4) is 17.2 Å². The van der Waals surface area contributed by atoms with E-state index in [0.29, 0.717) is 17.9 Å². The molecule has 3 aromatic rings. The molecule has 2 heterocycles. The number of aryl methyl sites for hydroxylation is 1. The van der Waals surface area contributed by atoms with Gasteiger partial charge in [0.05, 0.1) is 6.07 Å². The summed E-state index contributed by atoms with van der Waals surface area (Å²) >= 11 is 0. The lowest BCUT2D eigenvalue weighted by Crippen LogP contribution is -2.16. The molecule has 28 heavy (non-hydrogen) atoms. The summed E-state index contributed by atoms with van der Waals surface area (Å²) in [5.41, 5.74) is 9.98. The third kappa shape index (κ3) is 3.16. The van der Waals surface area contributed by atoms with Crippen LogP contribution in [0.25, 0.3) is 21.9 Å². The van der Waals surface area contributed by atoms with E-state index in [1.807, 2.05) is 44.3 Å². The molecule has 6 heteroatoms. The van der Waals surface area contributed by atoms with Crippen LogP contribution in [0.15, 0.2) is 42.9 Å². The largest absolute Gasteiger partial charge is 0.398 e. The number of fused-ring (bicyclic) bond motifs is 1. The smallest absolute Gasteiger partial charge is 0.229 e. The molecule has 1 aromatic carbocycles. The van der Waals surface area contributed by atoms with Gasteiger partial charge in [-0.25, -0.2) is 4.98 Å². The molecule has 4 rings (SSSR count). The number of nitrogen functional groups attached to an aromatic ring is 1. The van der Waals surface area contributed by atoms with Crippen molar-refractivity contribution in [1.29, 1.82) is 5.26 Å². The molecule has 1 fully saturated rings. The summed E-state index contributed by atoms with van der Waals surface area (Å²) in [6, 6.07) is 9.90. The van der Waals surface area contributed by atoms with Gasteiger partial charge in [-0.15, -0.1) is 0 Å². The zero-order valence-corrected chi connectivity index (χ0v) is 15.8. The lowest BCUT2D eigenvalue weighted by atomic mass is 9.99. The zero-order chi connectivity index (χ0) is 19.8. The van der Waals surface area contributed by atoms with Gasteiger partial charge >= 0.3 is 0 Å². The minimum atomic E-state index is -0.119. The van der Waals surface area contributed by atoms with E-state index in [4.69, 9.17) is 11.0 Å². The predicted octanol–water partition coefficient (Wildman–Crippen LogP) is 3.92. The fraction of sp³-hybridized carbons (Fsp3) is 0.273. The van der Waals surface area contributed by atoms with Crippen molar-refractivity contribution in [2.45, 2.75) is 20.3 Å². The number of amides is 1. The van der Waals surface area contributed by atoms with Crippen LogP contribution >= 0.6 is 0 Å². The quantitative estimate of drug-likeness (QED) is 0.676. The highest BCUT2D eigenvalue weighted by Crippen LogP contribution is 2.48. The first-order chi connectivity index (χ1) is 13.5. The molecular formula is C22H21N5O. The molecule has 0 saturated heterocycles. The van der Waals surface area contributed by atoms with Crippen LogP contribution in [0.3, 0.4) is 0 Å². The molecule has 1 saturated carbocycles. The highest BCUT2D eigenvalue weighted by molar-refractivity contribution is 6.00. The third-order valence-corrected chi connectivity index (χ3v) is 5.66. The number of rotatable bonds is 4. The maximum atomic E-state index is 12.5. The minimum Gasteiger partial charge on any atom is -0.398 e. The SMILES string of the molecule is Cc1ccncc1-c1cc(N)c2cnc(NC(=O)[C@H]3C(C)[C@@H]3CC#N)cc2c1. The second-order valence-corrected chi connectivity index (χ2v) is 7.45.